The third kappa shape index (κ3) is 5.59. The molecule has 0 amide bonds. The van der Waals surface area contributed by atoms with Crippen molar-refractivity contribution < 1.29 is 30.7 Å². The lowest BCUT2D eigenvalue weighted by Gasteiger charge is -2.26. The van der Waals surface area contributed by atoms with Gasteiger partial charge in [0.15, 0.2) is 0 Å². The second kappa shape index (κ2) is 10.3. The van der Waals surface area contributed by atoms with Crippen molar-refractivity contribution in [2.45, 2.75) is 44.7 Å². The zero-order chi connectivity index (χ0) is 27.9. The Labute approximate surface area is 220 Å². The lowest BCUT2D eigenvalue weighted by atomic mass is 9.79. The second-order valence-corrected chi connectivity index (χ2v) is 9.97. The zero-order valence-electron chi connectivity index (χ0n) is 20.7. The molecule has 39 heavy (non-hydrogen) atoms. The van der Waals surface area contributed by atoms with E-state index in [1.165, 1.54) is 30.2 Å². The number of hydrogen-bond donors (Lipinski definition) is 0. The van der Waals surface area contributed by atoms with Crippen LogP contribution in [0.15, 0.2) is 48.5 Å². The first-order valence-corrected chi connectivity index (χ1v) is 12.5. The molecule has 1 aliphatic rings. The molecule has 0 aromatic heterocycles. The summed E-state index contributed by atoms with van der Waals surface area (Å²) in [6.45, 7) is 2.23. The first kappa shape index (κ1) is 26.6. The van der Waals surface area contributed by atoms with E-state index in [0.717, 1.165) is 43.2 Å². The normalized spacial score (nSPS) is 17.4. The average molecular weight is 539 g/mol. The summed E-state index contributed by atoms with van der Waals surface area (Å²) in [5, 5.41) is 0.537. The first-order chi connectivity index (χ1) is 18.5. The summed E-state index contributed by atoms with van der Waals surface area (Å²) in [7, 11) is 0. The highest BCUT2D eigenvalue weighted by Crippen LogP contribution is 2.37. The monoisotopic (exact) mass is 538 g/mol. The molecule has 0 unspecified atom stereocenters. The molecule has 0 saturated heterocycles. The smallest absolute Gasteiger partial charge is 0.205 e. The van der Waals surface area contributed by atoms with Crippen LogP contribution in [0.3, 0.4) is 0 Å². The fourth-order valence-corrected chi connectivity index (χ4v) is 5.10. The zero-order valence-corrected chi connectivity index (χ0v) is 20.7. The van der Waals surface area contributed by atoms with Crippen molar-refractivity contribution in [3.05, 3.63) is 94.1 Å². The van der Waals surface area contributed by atoms with Crippen molar-refractivity contribution in [1.82, 2.24) is 0 Å². The van der Waals surface area contributed by atoms with E-state index in [1.807, 2.05) is 12.1 Å². The average Bonchev–Trinajstić information content (AvgIpc) is 2.87. The molecular formula is C32H21F7. The predicted octanol–water partition coefficient (Wildman–Crippen LogP) is 9.16. The van der Waals surface area contributed by atoms with Gasteiger partial charge in [-0.2, -0.15) is 13.2 Å². The van der Waals surface area contributed by atoms with Crippen LogP contribution in [-0.2, 0) is 0 Å². The Kier molecular flexibility index (Phi) is 7.03. The van der Waals surface area contributed by atoms with Crippen molar-refractivity contribution in [2.75, 3.05) is 0 Å². The van der Waals surface area contributed by atoms with Crippen LogP contribution < -0.4 is 0 Å². The molecule has 4 aromatic rings. The number of fused-ring (bicyclic) bond motifs is 2. The topological polar surface area (TPSA) is 0 Å². The van der Waals surface area contributed by atoms with Crippen LogP contribution in [0.1, 0.15) is 60.8 Å². The maximum Gasteiger partial charge on any atom is 0.458 e. The van der Waals surface area contributed by atoms with Gasteiger partial charge in [-0.25, -0.2) is 17.6 Å². The lowest BCUT2D eigenvalue weighted by Crippen LogP contribution is -2.10. The van der Waals surface area contributed by atoms with Crippen LogP contribution in [0, 0.1) is 52.9 Å². The molecule has 5 rings (SSSR count). The Morgan fingerprint density at radius 3 is 1.85 bits per heavy atom. The standard InChI is InChI=1S/C32H21F7/c1-18-2-6-20(7-3-18)21-8-11-25-23(15-21)17-28(33)26(30(25)35)10-5-19-4-9-24-22(14-19)16-29(34)27(31(24)36)12-13-32(37,38)39/h4,8-9,11,14-18,20H,2-3,6-7H2,1H3. The summed E-state index contributed by atoms with van der Waals surface area (Å²) in [5.74, 6) is 4.36. The molecule has 0 aliphatic heterocycles. The molecule has 0 nitrogen and oxygen atoms in total. The van der Waals surface area contributed by atoms with Crippen molar-refractivity contribution >= 4 is 21.5 Å². The molecule has 1 saturated carbocycles. The summed E-state index contributed by atoms with van der Waals surface area (Å²) >= 11 is 0. The quantitative estimate of drug-likeness (QED) is 0.167. The third-order valence-corrected chi connectivity index (χ3v) is 7.23. The number of halogens is 7. The SMILES string of the molecule is CC1CCC(c2ccc3c(F)c(C#Cc4ccc5c(F)c(C#CC(F)(F)F)c(F)cc5c4)c(F)cc3c2)CC1. The van der Waals surface area contributed by atoms with E-state index in [-0.39, 0.29) is 21.7 Å². The Hall–Kier alpha value is -3.97. The van der Waals surface area contributed by atoms with Gasteiger partial charge in [0.1, 0.15) is 23.3 Å². The van der Waals surface area contributed by atoms with Gasteiger partial charge in [0.2, 0.25) is 0 Å². The van der Waals surface area contributed by atoms with E-state index in [4.69, 9.17) is 0 Å². The minimum atomic E-state index is -4.91. The van der Waals surface area contributed by atoms with Crippen LogP contribution in [0.2, 0.25) is 0 Å². The lowest BCUT2D eigenvalue weighted by molar-refractivity contribution is -0.0696. The van der Waals surface area contributed by atoms with Gasteiger partial charge in [-0.3, -0.25) is 0 Å². The Balaban J connectivity index is 1.47. The van der Waals surface area contributed by atoms with Gasteiger partial charge in [-0.05, 0) is 65.3 Å². The van der Waals surface area contributed by atoms with E-state index < -0.39 is 40.6 Å². The largest absolute Gasteiger partial charge is 0.458 e. The van der Waals surface area contributed by atoms with Gasteiger partial charge in [0.05, 0.1) is 11.1 Å². The van der Waals surface area contributed by atoms with Crippen LogP contribution in [-0.4, -0.2) is 6.18 Å². The van der Waals surface area contributed by atoms with Gasteiger partial charge in [-0.1, -0.05) is 61.8 Å². The van der Waals surface area contributed by atoms with Gasteiger partial charge in [0.25, 0.3) is 0 Å². The number of alkyl halides is 3. The summed E-state index contributed by atoms with van der Waals surface area (Å²) in [6.07, 6.45) is -0.564. The van der Waals surface area contributed by atoms with E-state index in [2.05, 4.69) is 18.8 Å². The Morgan fingerprint density at radius 1 is 0.667 bits per heavy atom. The molecule has 0 bridgehead atoms. The maximum atomic E-state index is 15.3. The molecule has 4 aromatic carbocycles. The van der Waals surface area contributed by atoms with Crippen molar-refractivity contribution in [2.24, 2.45) is 5.92 Å². The first-order valence-electron chi connectivity index (χ1n) is 12.5. The van der Waals surface area contributed by atoms with Crippen molar-refractivity contribution in [3.63, 3.8) is 0 Å². The predicted molar refractivity (Wildman–Crippen MR) is 137 cm³/mol. The molecule has 0 heterocycles. The van der Waals surface area contributed by atoms with E-state index in [9.17, 15) is 26.3 Å². The minimum absolute atomic E-state index is 0.0125. The number of benzene rings is 4. The van der Waals surface area contributed by atoms with E-state index in [1.54, 1.807) is 6.07 Å². The third-order valence-electron chi connectivity index (χ3n) is 7.23. The fourth-order valence-electron chi connectivity index (χ4n) is 5.10. The van der Waals surface area contributed by atoms with Crippen molar-refractivity contribution in [3.8, 4) is 23.7 Å². The van der Waals surface area contributed by atoms with Gasteiger partial charge in [0, 0.05) is 22.3 Å². The highest BCUT2D eigenvalue weighted by atomic mass is 19.4. The van der Waals surface area contributed by atoms with Gasteiger partial charge >= 0.3 is 6.18 Å². The number of rotatable bonds is 1. The summed E-state index contributed by atoms with van der Waals surface area (Å²) in [6, 6.07) is 11.3. The molecule has 7 heteroatoms. The number of hydrogen-bond acceptors (Lipinski definition) is 0. The summed E-state index contributed by atoms with van der Waals surface area (Å²) < 4.78 is 96.3. The molecule has 0 radical (unpaired) electrons. The van der Waals surface area contributed by atoms with E-state index >= 15 is 4.39 Å². The Bertz CT molecular complexity index is 1720. The van der Waals surface area contributed by atoms with Crippen LogP contribution in [0.4, 0.5) is 30.7 Å². The molecule has 0 N–H and O–H groups in total. The highest BCUT2D eigenvalue weighted by Gasteiger charge is 2.24. The molecular weight excluding hydrogens is 517 g/mol. The Morgan fingerprint density at radius 2 is 1.23 bits per heavy atom. The molecule has 1 fully saturated rings. The fraction of sp³-hybridized carbons (Fsp3) is 0.250. The molecule has 0 atom stereocenters. The summed E-state index contributed by atoms with van der Waals surface area (Å²) in [5.41, 5.74) is -0.163. The van der Waals surface area contributed by atoms with Gasteiger partial charge in [-0.15, -0.1) is 0 Å². The highest BCUT2D eigenvalue weighted by molar-refractivity contribution is 5.87. The van der Waals surface area contributed by atoms with Crippen LogP contribution >= 0.6 is 0 Å². The molecule has 0 spiro atoms. The minimum Gasteiger partial charge on any atom is -0.205 e. The van der Waals surface area contributed by atoms with E-state index in [0.29, 0.717) is 17.2 Å². The van der Waals surface area contributed by atoms with Crippen LogP contribution in [0.25, 0.3) is 21.5 Å². The molecule has 1 aliphatic carbocycles. The van der Waals surface area contributed by atoms with Gasteiger partial charge < -0.3 is 0 Å². The second-order valence-electron chi connectivity index (χ2n) is 9.97. The molecule has 198 valence electrons. The van der Waals surface area contributed by atoms with Crippen molar-refractivity contribution in [1.29, 1.82) is 0 Å². The van der Waals surface area contributed by atoms with Crippen LogP contribution in [0.5, 0.6) is 0 Å². The maximum absolute atomic E-state index is 15.3. The summed E-state index contributed by atoms with van der Waals surface area (Å²) in [4.78, 5) is 0.